The smallest absolute Gasteiger partial charge is 0.177 e. The van der Waals surface area contributed by atoms with Crippen LogP contribution in [0.5, 0.6) is 0 Å². The number of hydrogen-bond donors (Lipinski definition) is 1. The minimum atomic E-state index is 0.831. The van der Waals surface area contributed by atoms with Crippen LogP contribution >= 0.6 is 24.0 Å². The highest BCUT2D eigenvalue weighted by Crippen LogP contribution is 2.24. The zero-order valence-corrected chi connectivity index (χ0v) is 10.1. The van der Waals surface area contributed by atoms with Crippen molar-refractivity contribution < 1.29 is 0 Å². The molecule has 4 heteroatoms. The lowest BCUT2D eigenvalue weighted by Gasteiger charge is -2.22. The van der Waals surface area contributed by atoms with Crippen LogP contribution in [-0.4, -0.2) is 21.1 Å². The van der Waals surface area contributed by atoms with Gasteiger partial charge >= 0.3 is 0 Å². The first-order valence-corrected chi connectivity index (χ1v) is 6.66. The van der Waals surface area contributed by atoms with E-state index in [1.807, 2.05) is 6.20 Å². The van der Waals surface area contributed by atoms with Gasteiger partial charge in [0.25, 0.3) is 0 Å². The highest BCUT2D eigenvalue weighted by molar-refractivity contribution is 7.99. The molecular weight excluding hydrogens is 212 g/mol. The number of aryl methyl sites for hydroxylation is 1. The van der Waals surface area contributed by atoms with Crippen molar-refractivity contribution in [2.45, 2.75) is 26.3 Å². The summed E-state index contributed by atoms with van der Waals surface area (Å²) in [6, 6.07) is 0. The quantitative estimate of drug-likeness (QED) is 0.786. The highest BCUT2D eigenvalue weighted by atomic mass is 32.2. The van der Waals surface area contributed by atoms with E-state index in [1.165, 1.54) is 30.0 Å². The Morgan fingerprint density at radius 1 is 1.57 bits per heavy atom. The first kappa shape index (κ1) is 10.3. The fraction of sp³-hybridized carbons (Fsp3) is 0.700. The Balaban J connectivity index is 2.06. The SMILES string of the molecule is Cc1c[nH]c(=S)n1CC1CCSCC1. The molecule has 1 aliphatic rings. The fourth-order valence-electron chi connectivity index (χ4n) is 1.90. The number of rotatable bonds is 2. The van der Waals surface area contributed by atoms with E-state index < -0.39 is 0 Å². The molecule has 0 atom stereocenters. The van der Waals surface area contributed by atoms with E-state index in [1.54, 1.807) is 0 Å². The van der Waals surface area contributed by atoms with Crippen LogP contribution in [0, 0.1) is 17.6 Å². The monoisotopic (exact) mass is 228 g/mol. The van der Waals surface area contributed by atoms with Crippen LogP contribution in [0.15, 0.2) is 6.20 Å². The van der Waals surface area contributed by atoms with Crippen molar-refractivity contribution in [3.8, 4) is 0 Å². The summed E-state index contributed by atoms with van der Waals surface area (Å²) in [6.07, 6.45) is 4.69. The third-order valence-electron chi connectivity index (χ3n) is 2.86. The van der Waals surface area contributed by atoms with Crippen LogP contribution in [-0.2, 0) is 6.54 Å². The maximum absolute atomic E-state index is 5.24. The second-order valence-corrected chi connectivity index (χ2v) is 5.51. The molecule has 1 aromatic heterocycles. The Kier molecular flexibility index (Phi) is 3.34. The highest BCUT2D eigenvalue weighted by Gasteiger charge is 2.15. The van der Waals surface area contributed by atoms with Crippen molar-refractivity contribution in [1.82, 2.24) is 9.55 Å². The first-order valence-electron chi connectivity index (χ1n) is 5.10. The minimum absolute atomic E-state index is 0.831. The second kappa shape index (κ2) is 4.53. The molecule has 1 saturated heterocycles. The van der Waals surface area contributed by atoms with Gasteiger partial charge < -0.3 is 9.55 Å². The number of thioether (sulfide) groups is 1. The Hall–Kier alpha value is -0.220. The van der Waals surface area contributed by atoms with E-state index in [9.17, 15) is 0 Å². The number of aromatic amines is 1. The summed E-state index contributed by atoms with van der Waals surface area (Å²) in [7, 11) is 0. The summed E-state index contributed by atoms with van der Waals surface area (Å²) in [5.41, 5.74) is 1.26. The number of H-pyrrole nitrogens is 1. The summed E-state index contributed by atoms with van der Waals surface area (Å²) in [6.45, 7) is 3.22. The van der Waals surface area contributed by atoms with E-state index >= 15 is 0 Å². The molecule has 1 N–H and O–H groups in total. The number of imidazole rings is 1. The van der Waals surface area contributed by atoms with Gasteiger partial charge in [0.2, 0.25) is 0 Å². The average Bonchev–Trinajstić information content (AvgIpc) is 2.51. The summed E-state index contributed by atoms with van der Waals surface area (Å²) in [4.78, 5) is 3.10. The lowest BCUT2D eigenvalue weighted by Crippen LogP contribution is -2.17. The van der Waals surface area contributed by atoms with Gasteiger partial charge in [-0.05, 0) is 49.4 Å². The maximum atomic E-state index is 5.24. The van der Waals surface area contributed by atoms with Gasteiger partial charge in [0.15, 0.2) is 4.77 Å². The third-order valence-corrected chi connectivity index (χ3v) is 4.24. The zero-order valence-electron chi connectivity index (χ0n) is 8.45. The van der Waals surface area contributed by atoms with Gasteiger partial charge in [-0.3, -0.25) is 0 Å². The van der Waals surface area contributed by atoms with E-state index in [4.69, 9.17) is 12.2 Å². The minimum Gasteiger partial charge on any atom is -0.337 e. The molecule has 0 saturated carbocycles. The van der Waals surface area contributed by atoms with Gasteiger partial charge in [-0.1, -0.05) is 0 Å². The lowest BCUT2D eigenvalue weighted by molar-refractivity contribution is 0.410. The van der Waals surface area contributed by atoms with Gasteiger partial charge in [0, 0.05) is 18.4 Å². The van der Waals surface area contributed by atoms with Gasteiger partial charge in [-0.25, -0.2) is 0 Å². The molecule has 2 nitrogen and oxygen atoms in total. The first-order chi connectivity index (χ1) is 6.77. The summed E-state index contributed by atoms with van der Waals surface area (Å²) >= 11 is 7.32. The number of nitrogens with one attached hydrogen (secondary N) is 1. The largest absolute Gasteiger partial charge is 0.337 e. The van der Waals surface area contributed by atoms with Crippen molar-refractivity contribution in [3.05, 3.63) is 16.7 Å². The molecule has 0 spiro atoms. The molecule has 1 aliphatic heterocycles. The van der Waals surface area contributed by atoms with Crippen molar-refractivity contribution >= 4 is 24.0 Å². The van der Waals surface area contributed by atoms with Crippen LogP contribution in [0.25, 0.3) is 0 Å². The van der Waals surface area contributed by atoms with Crippen molar-refractivity contribution in [1.29, 1.82) is 0 Å². The maximum Gasteiger partial charge on any atom is 0.177 e. The van der Waals surface area contributed by atoms with Gasteiger partial charge in [0.1, 0.15) is 0 Å². The zero-order chi connectivity index (χ0) is 9.97. The van der Waals surface area contributed by atoms with E-state index in [2.05, 4.69) is 28.2 Å². The molecule has 0 bridgehead atoms. The second-order valence-electron chi connectivity index (χ2n) is 3.90. The van der Waals surface area contributed by atoms with Gasteiger partial charge in [-0.15, -0.1) is 0 Å². The van der Waals surface area contributed by atoms with Crippen LogP contribution < -0.4 is 0 Å². The molecular formula is C10H16N2S2. The Morgan fingerprint density at radius 3 is 2.86 bits per heavy atom. The third kappa shape index (κ3) is 2.23. The van der Waals surface area contributed by atoms with Crippen LogP contribution in [0.3, 0.4) is 0 Å². The van der Waals surface area contributed by atoms with Gasteiger partial charge in [0.05, 0.1) is 0 Å². The molecule has 78 valence electrons. The van der Waals surface area contributed by atoms with Gasteiger partial charge in [-0.2, -0.15) is 11.8 Å². The van der Waals surface area contributed by atoms with E-state index in [-0.39, 0.29) is 0 Å². The molecule has 0 radical (unpaired) electrons. The molecule has 2 heterocycles. The Bertz CT molecular complexity index is 347. The van der Waals surface area contributed by atoms with E-state index in [0.29, 0.717) is 0 Å². The molecule has 14 heavy (non-hydrogen) atoms. The average molecular weight is 228 g/mol. The molecule has 0 unspecified atom stereocenters. The van der Waals surface area contributed by atoms with Crippen LogP contribution in [0.1, 0.15) is 18.5 Å². The number of hydrogen-bond acceptors (Lipinski definition) is 2. The standard InChI is InChI=1S/C10H16N2S2/c1-8-6-11-10(13)12(8)7-9-2-4-14-5-3-9/h6,9H,2-5,7H2,1H3,(H,11,13). The molecule has 1 fully saturated rings. The van der Waals surface area contributed by atoms with Crippen molar-refractivity contribution in [3.63, 3.8) is 0 Å². The lowest BCUT2D eigenvalue weighted by atomic mass is 10.0. The van der Waals surface area contributed by atoms with Crippen LogP contribution in [0.2, 0.25) is 0 Å². The molecule has 0 aliphatic carbocycles. The normalized spacial score (nSPS) is 18.6. The number of nitrogens with zero attached hydrogens (tertiary/aromatic N) is 1. The summed E-state index contributed by atoms with van der Waals surface area (Å²) in [5, 5.41) is 0. The fourth-order valence-corrected chi connectivity index (χ4v) is 3.38. The van der Waals surface area contributed by atoms with Crippen molar-refractivity contribution in [2.24, 2.45) is 5.92 Å². The number of aromatic nitrogens is 2. The molecule has 0 amide bonds. The molecule has 1 aromatic rings. The summed E-state index contributed by atoms with van der Waals surface area (Å²) < 4.78 is 3.11. The van der Waals surface area contributed by atoms with Crippen LogP contribution in [0.4, 0.5) is 0 Å². The predicted octanol–water partition coefficient (Wildman–Crippen LogP) is 3.00. The van der Waals surface area contributed by atoms with E-state index in [0.717, 1.165) is 17.2 Å². The topological polar surface area (TPSA) is 20.7 Å². The predicted molar refractivity (Wildman–Crippen MR) is 64.4 cm³/mol. The Labute approximate surface area is 94.1 Å². The molecule has 0 aromatic carbocycles. The summed E-state index contributed by atoms with van der Waals surface area (Å²) in [5.74, 6) is 3.47. The molecule has 2 rings (SSSR count). The Morgan fingerprint density at radius 2 is 2.29 bits per heavy atom. The van der Waals surface area contributed by atoms with Crippen molar-refractivity contribution in [2.75, 3.05) is 11.5 Å².